The molecule has 2 aliphatic rings. The van der Waals surface area contributed by atoms with E-state index < -0.39 is 54.0 Å². The Morgan fingerprint density at radius 1 is 1.03 bits per heavy atom. The predicted molar refractivity (Wildman–Crippen MR) is 104 cm³/mol. The molecule has 0 unspecified atom stereocenters. The van der Waals surface area contributed by atoms with Gasteiger partial charge < -0.3 is 18.9 Å². The molecule has 12 heteroatoms. The minimum atomic E-state index is -5.08. The highest BCUT2D eigenvalue weighted by Crippen LogP contribution is 2.38. The van der Waals surface area contributed by atoms with E-state index in [0.29, 0.717) is 0 Å². The van der Waals surface area contributed by atoms with E-state index in [1.165, 1.54) is 6.07 Å². The minimum Gasteiger partial charge on any atom is -0.405 e. The molecule has 1 amide bonds. The van der Waals surface area contributed by atoms with Gasteiger partial charge in [0.15, 0.2) is 0 Å². The van der Waals surface area contributed by atoms with Gasteiger partial charge in [-0.3, -0.25) is 4.79 Å². The molecule has 2 saturated heterocycles. The van der Waals surface area contributed by atoms with Crippen LogP contribution in [-0.2, 0) is 9.31 Å². The Hall–Kier alpha value is -1.95. The first-order valence-corrected chi connectivity index (χ1v) is 10.1. The Morgan fingerprint density at radius 3 is 2.03 bits per heavy atom. The van der Waals surface area contributed by atoms with Crippen molar-refractivity contribution in [2.45, 2.75) is 64.3 Å². The predicted octanol–water partition coefficient (Wildman–Crippen LogP) is 4.30. The molecule has 5 nitrogen and oxygen atoms in total. The molecule has 2 heterocycles. The Balaban J connectivity index is 1.86. The van der Waals surface area contributed by atoms with Crippen LogP contribution in [0.25, 0.3) is 0 Å². The molecule has 0 spiro atoms. The maximum Gasteiger partial charge on any atom is 0.573 e. The lowest BCUT2D eigenvalue weighted by Gasteiger charge is -2.33. The van der Waals surface area contributed by atoms with Gasteiger partial charge in [0.2, 0.25) is 0 Å². The molecule has 32 heavy (non-hydrogen) atoms. The van der Waals surface area contributed by atoms with Gasteiger partial charge in [-0.15, -0.1) is 13.2 Å². The summed E-state index contributed by atoms with van der Waals surface area (Å²) in [5, 5.41) is 0. The summed E-state index contributed by atoms with van der Waals surface area (Å²) in [5.41, 5.74) is -1.65. The Bertz CT molecular complexity index is 847. The second-order valence-electron chi connectivity index (χ2n) is 9.00. The quantitative estimate of drug-likeness (QED) is 0.492. The van der Waals surface area contributed by atoms with E-state index in [1.807, 2.05) is 0 Å². The number of hydrogen-bond donors (Lipinski definition) is 0. The average molecular weight is 467 g/mol. The number of ether oxygens (including phenoxy) is 1. The first kappa shape index (κ1) is 24.7. The summed E-state index contributed by atoms with van der Waals surface area (Å²) in [4.78, 5) is 13.9. The maximum absolute atomic E-state index is 13.0. The number of alkyl halides is 6. The summed E-state index contributed by atoms with van der Waals surface area (Å²) in [6.07, 6.45) is -10.1. The summed E-state index contributed by atoms with van der Waals surface area (Å²) >= 11 is 0. The highest BCUT2D eigenvalue weighted by molar-refractivity contribution is 6.62. The third-order valence-electron chi connectivity index (χ3n) is 6.23. The van der Waals surface area contributed by atoms with Gasteiger partial charge in [0.1, 0.15) is 5.75 Å². The van der Waals surface area contributed by atoms with Gasteiger partial charge in [-0.2, -0.15) is 13.2 Å². The SMILES string of the molecule is CC1(C)OB(c2ccc(C(=O)N3CCC(C(F)(F)F)CC3)c(OC(F)(F)F)c2)OC1(C)C. The lowest BCUT2D eigenvalue weighted by atomic mass is 9.78. The van der Waals surface area contributed by atoms with E-state index >= 15 is 0 Å². The van der Waals surface area contributed by atoms with Crippen LogP contribution >= 0.6 is 0 Å². The molecule has 1 aromatic rings. The van der Waals surface area contributed by atoms with Gasteiger partial charge in [0.25, 0.3) is 5.91 Å². The molecular formula is C20H24BF6NO4. The highest BCUT2D eigenvalue weighted by atomic mass is 19.4. The molecule has 0 bridgehead atoms. The monoisotopic (exact) mass is 467 g/mol. The van der Waals surface area contributed by atoms with Crippen LogP contribution in [0.5, 0.6) is 5.75 Å². The van der Waals surface area contributed by atoms with Crippen LogP contribution in [0.4, 0.5) is 26.3 Å². The topological polar surface area (TPSA) is 48.0 Å². The van der Waals surface area contributed by atoms with E-state index in [9.17, 15) is 31.1 Å². The zero-order chi connectivity index (χ0) is 24.1. The molecule has 1 aromatic carbocycles. The number of hydrogen-bond acceptors (Lipinski definition) is 4. The van der Waals surface area contributed by atoms with Crippen molar-refractivity contribution in [2.24, 2.45) is 5.92 Å². The maximum atomic E-state index is 13.0. The summed E-state index contributed by atoms with van der Waals surface area (Å²) in [5.74, 6) is -3.12. The van der Waals surface area contributed by atoms with Crippen molar-refractivity contribution in [2.75, 3.05) is 13.1 Å². The zero-order valence-electron chi connectivity index (χ0n) is 18.1. The van der Waals surface area contributed by atoms with Crippen LogP contribution in [0.1, 0.15) is 50.9 Å². The van der Waals surface area contributed by atoms with Crippen LogP contribution in [-0.4, -0.2) is 54.8 Å². The second kappa shape index (κ2) is 8.12. The smallest absolute Gasteiger partial charge is 0.405 e. The standard InChI is InChI=1S/C20H24BF6NO4/c1-17(2)18(3,4)32-21(31-17)13-5-6-14(15(11-13)30-20(25,26)27)16(29)28-9-7-12(8-10-28)19(22,23)24/h5-6,11-12H,7-10H2,1-4H3. The van der Waals surface area contributed by atoms with Crippen molar-refractivity contribution in [3.05, 3.63) is 23.8 Å². The number of halogens is 6. The molecule has 178 valence electrons. The molecule has 0 radical (unpaired) electrons. The largest absolute Gasteiger partial charge is 0.573 e. The number of rotatable bonds is 3. The minimum absolute atomic E-state index is 0.215. The molecule has 3 rings (SSSR count). The number of carbonyl (C=O) groups excluding carboxylic acids is 1. The van der Waals surface area contributed by atoms with Gasteiger partial charge in [0.05, 0.1) is 22.7 Å². The Kier molecular flexibility index (Phi) is 6.27. The van der Waals surface area contributed by atoms with Crippen LogP contribution in [0.2, 0.25) is 0 Å². The fourth-order valence-electron chi connectivity index (χ4n) is 3.63. The van der Waals surface area contributed by atoms with Crippen molar-refractivity contribution < 1.29 is 45.2 Å². The van der Waals surface area contributed by atoms with E-state index in [0.717, 1.165) is 17.0 Å². The van der Waals surface area contributed by atoms with Gasteiger partial charge >= 0.3 is 19.7 Å². The fourth-order valence-corrected chi connectivity index (χ4v) is 3.63. The van der Waals surface area contributed by atoms with Gasteiger partial charge in [-0.05, 0) is 58.1 Å². The van der Waals surface area contributed by atoms with Gasteiger partial charge in [-0.25, -0.2) is 0 Å². The second-order valence-corrected chi connectivity index (χ2v) is 9.00. The van der Waals surface area contributed by atoms with Crippen molar-refractivity contribution in [1.82, 2.24) is 4.90 Å². The zero-order valence-corrected chi connectivity index (χ0v) is 18.1. The lowest BCUT2D eigenvalue weighted by molar-refractivity contribution is -0.274. The van der Waals surface area contributed by atoms with Gasteiger partial charge in [0, 0.05) is 13.1 Å². The number of piperidine rings is 1. The number of nitrogens with zero attached hydrogens (tertiary/aromatic N) is 1. The molecule has 2 fully saturated rings. The van der Waals surface area contributed by atoms with Crippen molar-refractivity contribution >= 4 is 18.5 Å². The van der Waals surface area contributed by atoms with E-state index in [-0.39, 0.29) is 31.4 Å². The third-order valence-corrected chi connectivity index (χ3v) is 6.23. The Labute approximate surface area is 182 Å². The summed E-state index contributed by atoms with van der Waals surface area (Å²) in [6.45, 7) is 6.69. The van der Waals surface area contributed by atoms with Crippen LogP contribution in [0, 0.1) is 5.92 Å². The number of benzene rings is 1. The number of amides is 1. The van der Waals surface area contributed by atoms with Crippen molar-refractivity contribution in [3.8, 4) is 5.75 Å². The molecule has 0 N–H and O–H groups in total. The van der Waals surface area contributed by atoms with Gasteiger partial charge in [-0.1, -0.05) is 6.07 Å². The Morgan fingerprint density at radius 2 is 1.56 bits per heavy atom. The van der Waals surface area contributed by atoms with Crippen molar-refractivity contribution in [1.29, 1.82) is 0 Å². The molecule has 2 aliphatic heterocycles. The van der Waals surface area contributed by atoms with Crippen LogP contribution < -0.4 is 10.2 Å². The van der Waals surface area contributed by atoms with Crippen molar-refractivity contribution in [3.63, 3.8) is 0 Å². The molecule has 0 aliphatic carbocycles. The molecule has 0 atom stereocenters. The van der Waals surface area contributed by atoms with Crippen LogP contribution in [0.15, 0.2) is 18.2 Å². The summed E-state index contributed by atoms with van der Waals surface area (Å²) < 4.78 is 93.5. The number of likely N-dealkylation sites (tertiary alicyclic amines) is 1. The normalized spacial score (nSPS) is 21.7. The average Bonchev–Trinajstić information content (AvgIpc) is 2.86. The summed E-state index contributed by atoms with van der Waals surface area (Å²) in [7, 11) is -0.984. The first-order chi connectivity index (χ1) is 14.5. The van der Waals surface area contributed by atoms with E-state index in [1.54, 1.807) is 27.7 Å². The van der Waals surface area contributed by atoms with E-state index in [2.05, 4.69) is 4.74 Å². The molecule has 0 saturated carbocycles. The fraction of sp³-hybridized carbons (Fsp3) is 0.650. The summed E-state index contributed by atoms with van der Waals surface area (Å²) in [6, 6.07) is 3.56. The lowest BCUT2D eigenvalue weighted by Crippen LogP contribution is -2.42. The van der Waals surface area contributed by atoms with Crippen LogP contribution in [0.3, 0.4) is 0 Å². The highest BCUT2D eigenvalue weighted by Gasteiger charge is 2.52. The first-order valence-electron chi connectivity index (χ1n) is 10.1. The third kappa shape index (κ3) is 5.16. The molecule has 0 aromatic heterocycles. The van der Waals surface area contributed by atoms with E-state index in [4.69, 9.17) is 9.31 Å². The number of carbonyl (C=O) groups is 1. The molecular weight excluding hydrogens is 443 g/mol.